The summed E-state index contributed by atoms with van der Waals surface area (Å²) in [6.45, 7) is 0.512. The third-order valence-corrected chi connectivity index (χ3v) is 2.71. The topological polar surface area (TPSA) is 38.9 Å². The van der Waals surface area contributed by atoms with Gasteiger partial charge in [0.25, 0.3) is 0 Å². The smallest absolute Gasteiger partial charge is 0.0800 e. The molecule has 2 heteroatoms. The summed E-state index contributed by atoms with van der Waals surface area (Å²) in [7, 11) is 0. The lowest BCUT2D eigenvalue weighted by Gasteiger charge is -2.04. The molecular formula is C14H10N2. The maximum atomic E-state index is 5.71. The van der Waals surface area contributed by atoms with Crippen molar-refractivity contribution in [2.45, 2.75) is 6.54 Å². The first kappa shape index (κ1) is 9.14. The van der Waals surface area contributed by atoms with E-state index in [0.29, 0.717) is 6.54 Å². The van der Waals surface area contributed by atoms with E-state index >= 15 is 0 Å². The van der Waals surface area contributed by atoms with Gasteiger partial charge in [0.15, 0.2) is 0 Å². The summed E-state index contributed by atoms with van der Waals surface area (Å²) in [6.07, 6.45) is 0. The average Bonchev–Trinajstić information content (AvgIpc) is 2.35. The highest BCUT2D eigenvalue weighted by atomic mass is 14.7. The summed E-state index contributed by atoms with van der Waals surface area (Å²) in [6, 6.07) is 17.9. The van der Waals surface area contributed by atoms with Gasteiger partial charge in [0.05, 0.1) is 16.4 Å². The minimum Gasteiger partial charge on any atom is -0.326 e. The van der Waals surface area contributed by atoms with Crippen LogP contribution in [0.3, 0.4) is 0 Å². The number of hydrogen-bond acceptors (Lipinski definition) is 2. The van der Waals surface area contributed by atoms with Crippen LogP contribution in [0.2, 0.25) is 0 Å². The van der Waals surface area contributed by atoms with Crippen molar-refractivity contribution >= 4 is 21.8 Å². The predicted octanol–water partition coefficient (Wildman–Crippen LogP) is 2.45. The van der Waals surface area contributed by atoms with Gasteiger partial charge in [-0.25, -0.2) is 4.98 Å². The van der Waals surface area contributed by atoms with Crippen molar-refractivity contribution in [3.05, 3.63) is 54.1 Å². The van der Waals surface area contributed by atoms with E-state index < -0.39 is 0 Å². The maximum Gasteiger partial charge on any atom is 0.0800 e. The first-order chi connectivity index (χ1) is 7.88. The number of rotatable bonds is 1. The van der Waals surface area contributed by atoms with Crippen molar-refractivity contribution < 1.29 is 0 Å². The van der Waals surface area contributed by atoms with E-state index in [1.54, 1.807) is 0 Å². The van der Waals surface area contributed by atoms with E-state index in [1.165, 1.54) is 0 Å². The molecule has 76 valence electrons. The predicted molar refractivity (Wildman–Crippen MR) is 64.8 cm³/mol. The standard InChI is InChI=1S/C14H10N2/c15-9-12-6-3-5-11-8-10-4-1-2-7-13(10)16-14(11)12/h2-3,5-8H,9,15H2. The molecule has 1 heterocycles. The van der Waals surface area contributed by atoms with Gasteiger partial charge in [-0.1, -0.05) is 30.3 Å². The third-order valence-electron chi connectivity index (χ3n) is 2.71. The average molecular weight is 206 g/mol. The van der Waals surface area contributed by atoms with Crippen molar-refractivity contribution in [1.29, 1.82) is 0 Å². The minimum absolute atomic E-state index is 0.512. The fourth-order valence-electron chi connectivity index (χ4n) is 1.91. The van der Waals surface area contributed by atoms with Crippen LogP contribution in [0, 0.1) is 12.1 Å². The Morgan fingerprint density at radius 1 is 1.25 bits per heavy atom. The highest BCUT2D eigenvalue weighted by Crippen LogP contribution is 2.20. The van der Waals surface area contributed by atoms with Crippen molar-refractivity contribution in [2.75, 3.05) is 0 Å². The van der Waals surface area contributed by atoms with E-state index in [2.05, 4.69) is 23.2 Å². The van der Waals surface area contributed by atoms with Crippen LogP contribution < -0.4 is 5.73 Å². The van der Waals surface area contributed by atoms with Crippen LogP contribution in [-0.4, -0.2) is 4.98 Å². The van der Waals surface area contributed by atoms with Crippen LogP contribution in [0.4, 0.5) is 0 Å². The van der Waals surface area contributed by atoms with E-state index in [9.17, 15) is 0 Å². The summed E-state index contributed by atoms with van der Waals surface area (Å²) in [4.78, 5) is 4.62. The highest BCUT2D eigenvalue weighted by Gasteiger charge is 2.02. The number of nitrogens with two attached hydrogens (primary N) is 1. The van der Waals surface area contributed by atoms with Gasteiger partial charge in [-0.2, -0.15) is 0 Å². The Morgan fingerprint density at radius 2 is 2.19 bits per heavy atom. The highest BCUT2D eigenvalue weighted by molar-refractivity contribution is 5.93. The van der Waals surface area contributed by atoms with Crippen LogP contribution in [0.5, 0.6) is 0 Å². The number of benzene rings is 1. The van der Waals surface area contributed by atoms with Crippen LogP contribution in [-0.2, 0) is 6.54 Å². The normalized spacial score (nSPS) is 10.6. The van der Waals surface area contributed by atoms with Crippen molar-refractivity contribution in [3.8, 4) is 0 Å². The number of pyridine rings is 1. The van der Waals surface area contributed by atoms with E-state index in [-0.39, 0.29) is 0 Å². The Kier molecular flexibility index (Phi) is 1.99. The lowest BCUT2D eigenvalue weighted by molar-refractivity contribution is 1.08. The molecule has 0 radical (unpaired) electrons. The molecule has 2 aromatic carbocycles. The number of aromatic nitrogens is 1. The molecule has 16 heavy (non-hydrogen) atoms. The van der Waals surface area contributed by atoms with Gasteiger partial charge in [0, 0.05) is 11.9 Å². The number of hydrogen-bond donors (Lipinski definition) is 1. The SMILES string of the molecule is NCc1cccc2cc3c#cccc3nc12. The molecule has 0 amide bonds. The van der Waals surface area contributed by atoms with Crippen molar-refractivity contribution in [3.63, 3.8) is 0 Å². The minimum atomic E-state index is 0.512. The number of fused-ring (bicyclic) bond motifs is 2. The first-order valence-electron chi connectivity index (χ1n) is 5.19. The molecule has 0 saturated heterocycles. The molecule has 1 aromatic heterocycles. The molecule has 0 spiro atoms. The zero-order chi connectivity index (χ0) is 11.0. The Bertz CT molecular complexity index is 659. The van der Waals surface area contributed by atoms with Crippen LogP contribution in [0.15, 0.2) is 36.4 Å². The second-order valence-corrected chi connectivity index (χ2v) is 3.72. The van der Waals surface area contributed by atoms with Gasteiger partial charge < -0.3 is 5.73 Å². The molecule has 3 rings (SSSR count). The molecule has 0 atom stereocenters. The molecule has 0 aliphatic rings. The summed E-state index contributed by atoms with van der Waals surface area (Å²) in [5.41, 5.74) is 8.70. The summed E-state index contributed by atoms with van der Waals surface area (Å²) in [5, 5.41) is 2.09. The van der Waals surface area contributed by atoms with Gasteiger partial charge in [0.2, 0.25) is 0 Å². The number of nitrogens with zero attached hydrogens (tertiary/aromatic N) is 1. The van der Waals surface area contributed by atoms with Gasteiger partial charge >= 0.3 is 0 Å². The molecule has 0 aliphatic carbocycles. The Labute approximate surface area is 93.7 Å². The van der Waals surface area contributed by atoms with E-state index in [4.69, 9.17) is 5.73 Å². The largest absolute Gasteiger partial charge is 0.326 e. The van der Waals surface area contributed by atoms with E-state index in [0.717, 1.165) is 27.4 Å². The van der Waals surface area contributed by atoms with Crippen LogP contribution in [0.1, 0.15) is 5.56 Å². The molecule has 0 fully saturated rings. The Balaban J connectivity index is 2.46. The first-order valence-corrected chi connectivity index (χ1v) is 5.19. The number of para-hydroxylation sites is 1. The molecule has 0 saturated carbocycles. The van der Waals surface area contributed by atoms with Crippen LogP contribution >= 0.6 is 0 Å². The summed E-state index contributed by atoms with van der Waals surface area (Å²) < 4.78 is 0. The lowest BCUT2D eigenvalue weighted by atomic mass is 10.1. The molecule has 3 aromatic rings. The summed E-state index contributed by atoms with van der Waals surface area (Å²) in [5.74, 6) is 0. The Morgan fingerprint density at radius 3 is 3.06 bits per heavy atom. The fraction of sp³-hybridized carbons (Fsp3) is 0.0714. The van der Waals surface area contributed by atoms with E-state index in [1.807, 2.05) is 30.3 Å². The molecule has 0 unspecified atom stereocenters. The molecular weight excluding hydrogens is 196 g/mol. The maximum absolute atomic E-state index is 5.71. The quantitative estimate of drug-likeness (QED) is 0.664. The molecule has 2 N–H and O–H groups in total. The Hall–Kier alpha value is -2.11. The van der Waals surface area contributed by atoms with Gasteiger partial charge in [-0.3, -0.25) is 0 Å². The zero-order valence-electron chi connectivity index (χ0n) is 8.70. The summed E-state index contributed by atoms with van der Waals surface area (Å²) >= 11 is 0. The van der Waals surface area contributed by atoms with Gasteiger partial charge in [-0.15, -0.1) is 0 Å². The lowest BCUT2D eigenvalue weighted by Crippen LogP contribution is -1.98. The second-order valence-electron chi connectivity index (χ2n) is 3.72. The molecule has 0 bridgehead atoms. The molecule has 2 nitrogen and oxygen atoms in total. The zero-order valence-corrected chi connectivity index (χ0v) is 8.70. The van der Waals surface area contributed by atoms with Gasteiger partial charge in [0.1, 0.15) is 0 Å². The monoisotopic (exact) mass is 206 g/mol. The van der Waals surface area contributed by atoms with Crippen molar-refractivity contribution in [1.82, 2.24) is 4.98 Å². The van der Waals surface area contributed by atoms with Gasteiger partial charge in [-0.05, 0) is 23.8 Å². The third kappa shape index (κ3) is 1.30. The van der Waals surface area contributed by atoms with Crippen molar-refractivity contribution in [2.24, 2.45) is 5.73 Å². The van der Waals surface area contributed by atoms with Crippen LogP contribution in [0.25, 0.3) is 21.8 Å². The fourth-order valence-corrected chi connectivity index (χ4v) is 1.91. The second kappa shape index (κ2) is 3.48. The molecule has 0 aliphatic heterocycles.